The van der Waals surface area contributed by atoms with E-state index in [1.54, 1.807) is 12.2 Å². The van der Waals surface area contributed by atoms with Crippen molar-refractivity contribution in [2.45, 2.75) is 71.6 Å². The van der Waals surface area contributed by atoms with Crippen LogP contribution in [0.1, 0.15) is 93.9 Å². The summed E-state index contributed by atoms with van der Waals surface area (Å²) >= 11 is 0. The van der Waals surface area contributed by atoms with Crippen molar-refractivity contribution >= 4 is 24.0 Å². The molecular formula is C31H42N2O2. The highest BCUT2D eigenvalue weighted by Crippen LogP contribution is 2.16. The van der Waals surface area contributed by atoms with Gasteiger partial charge in [0, 0.05) is 25.2 Å². The number of carbonyl (C=O) groups is 2. The van der Waals surface area contributed by atoms with Crippen molar-refractivity contribution in [1.82, 2.24) is 10.6 Å². The third-order valence-corrected chi connectivity index (χ3v) is 6.01. The summed E-state index contributed by atoms with van der Waals surface area (Å²) in [6, 6.07) is 16.6. The van der Waals surface area contributed by atoms with Gasteiger partial charge in [-0.2, -0.15) is 0 Å². The maximum Gasteiger partial charge on any atom is 0.243 e. The minimum atomic E-state index is -0.0513. The molecule has 2 N–H and O–H groups in total. The van der Waals surface area contributed by atoms with Crippen molar-refractivity contribution < 1.29 is 9.59 Å². The lowest BCUT2D eigenvalue weighted by Gasteiger charge is -2.05. The van der Waals surface area contributed by atoms with Crippen LogP contribution in [0.25, 0.3) is 12.2 Å². The summed E-state index contributed by atoms with van der Waals surface area (Å²) < 4.78 is 0. The normalized spacial score (nSPS) is 11.6. The van der Waals surface area contributed by atoms with E-state index >= 15 is 0 Å². The van der Waals surface area contributed by atoms with Crippen LogP contribution in [0.5, 0.6) is 0 Å². The van der Waals surface area contributed by atoms with Crippen molar-refractivity contribution in [3.05, 3.63) is 82.9 Å². The monoisotopic (exact) mass is 474 g/mol. The minimum Gasteiger partial charge on any atom is -0.353 e. The second kappa shape index (κ2) is 15.7. The van der Waals surface area contributed by atoms with Crippen molar-refractivity contribution in [3.8, 4) is 0 Å². The van der Waals surface area contributed by atoms with Gasteiger partial charge in [-0.05, 0) is 59.1 Å². The minimum absolute atomic E-state index is 0.0513. The maximum absolute atomic E-state index is 12.0. The molecule has 2 rings (SSSR count). The number of nitrogens with one attached hydrogen (secondary N) is 2. The highest BCUT2D eigenvalue weighted by atomic mass is 16.2. The highest BCUT2D eigenvalue weighted by molar-refractivity contribution is 5.92. The Morgan fingerprint density at radius 2 is 0.943 bits per heavy atom. The van der Waals surface area contributed by atoms with E-state index in [2.05, 4.69) is 62.6 Å². The summed E-state index contributed by atoms with van der Waals surface area (Å²) in [7, 11) is 0. The van der Waals surface area contributed by atoms with Crippen LogP contribution in [0.4, 0.5) is 0 Å². The predicted octanol–water partition coefficient (Wildman–Crippen LogP) is 6.84. The quantitative estimate of drug-likeness (QED) is 0.232. The maximum atomic E-state index is 12.0. The molecule has 0 aliphatic rings. The number of benzene rings is 2. The topological polar surface area (TPSA) is 58.2 Å². The molecule has 0 saturated heterocycles. The SMILES string of the molecule is CC(C)c1ccc(C=CC(=O)NCCCCCCCNC(=O)C=Cc2ccc(C(C)C)cc2)cc1. The van der Waals surface area contributed by atoms with Gasteiger partial charge in [-0.1, -0.05) is 95.5 Å². The zero-order valence-corrected chi connectivity index (χ0v) is 21.8. The first kappa shape index (κ1) is 28.1. The Labute approximate surface area is 211 Å². The molecule has 2 aromatic rings. The fourth-order valence-corrected chi connectivity index (χ4v) is 3.65. The molecule has 0 aromatic heterocycles. The standard InChI is InChI=1S/C31H42N2O2/c1-24(2)28-16-10-26(11-17-28)14-20-30(34)32-22-8-6-5-7-9-23-33-31(35)21-15-27-12-18-29(19-13-27)25(3)4/h10-21,24-25H,5-9,22-23H2,1-4H3,(H,32,34)(H,33,35). The molecule has 4 nitrogen and oxygen atoms in total. The third kappa shape index (κ3) is 11.7. The lowest BCUT2D eigenvalue weighted by molar-refractivity contribution is -0.117. The Balaban J connectivity index is 1.48. The third-order valence-electron chi connectivity index (χ3n) is 6.01. The Morgan fingerprint density at radius 3 is 1.29 bits per heavy atom. The molecule has 0 radical (unpaired) electrons. The molecular weight excluding hydrogens is 432 g/mol. The second-order valence-corrected chi connectivity index (χ2v) is 9.66. The summed E-state index contributed by atoms with van der Waals surface area (Å²) in [6.45, 7) is 10.1. The average molecular weight is 475 g/mol. The Kier molecular flexibility index (Phi) is 12.6. The number of rotatable bonds is 14. The number of hydrogen-bond acceptors (Lipinski definition) is 2. The van der Waals surface area contributed by atoms with E-state index in [-0.39, 0.29) is 11.8 Å². The molecule has 0 aliphatic carbocycles. The van der Waals surface area contributed by atoms with Crippen LogP contribution in [-0.4, -0.2) is 24.9 Å². The Hall–Kier alpha value is -3.14. The van der Waals surface area contributed by atoms with Gasteiger partial charge in [-0.25, -0.2) is 0 Å². The number of amides is 2. The summed E-state index contributed by atoms with van der Waals surface area (Å²) in [5.41, 5.74) is 4.67. The van der Waals surface area contributed by atoms with Crippen LogP contribution < -0.4 is 10.6 Å². The van der Waals surface area contributed by atoms with Gasteiger partial charge in [-0.3, -0.25) is 9.59 Å². The molecule has 188 valence electrons. The van der Waals surface area contributed by atoms with Gasteiger partial charge >= 0.3 is 0 Å². The van der Waals surface area contributed by atoms with E-state index in [4.69, 9.17) is 0 Å². The molecule has 0 bridgehead atoms. The number of carbonyl (C=O) groups excluding carboxylic acids is 2. The Morgan fingerprint density at radius 1 is 0.600 bits per heavy atom. The molecule has 0 atom stereocenters. The number of hydrogen-bond donors (Lipinski definition) is 2. The van der Waals surface area contributed by atoms with Crippen molar-refractivity contribution in [2.24, 2.45) is 0 Å². The largest absolute Gasteiger partial charge is 0.353 e. The van der Waals surface area contributed by atoms with E-state index < -0.39 is 0 Å². The first-order valence-corrected chi connectivity index (χ1v) is 13.0. The zero-order valence-electron chi connectivity index (χ0n) is 21.8. The molecule has 0 saturated carbocycles. The van der Waals surface area contributed by atoms with Crippen molar-refractivity contribution in [2.75, 3.05) is 13.1 Å². The Bertz CT molecular complexity index is 875. The fourth-order valence-electron chi connectivity index (χ4n) is 3.65. The highest BCUT2D eigenvalue weighted by Gasteiger charge is 2.00. The van der Waals surface area contributed by atoms with E-state index in [1.165, 1.54) is 11.1 Å². The molecule has 4 heteroatoms. The predicted molar refractivity (Wildman–Crippen MR) is 148 cm³/mol. The van der Waals surface area contributed by atoms with Crippen LogP contribution in [-0.2, 0) is 9.59 Å². The number of unbranched alkanes of at least 4 members (excludes halogenated alkanes) is 4. The molecule has 0 heterocycles. The van der Waals surface area contributed by atoms with E-state index in [9.17, 15) is 9.59 Å². The van der Waals surface area contributed by atoms with Gasteiger partial charge < -0.3 is 10.6 Å². The van der Waals surface area contributed by atoms with Gasteiger partial charge in [0.1, 0.15) is 0 Å². The van der Waals surface area contributed by atoms with Gasteiger partial charge in [0.2, 0.25) is 11.8 Å². The smallest absolute Gasteiger partial charge is 0.243 e. The molecule has 2 amide bonds. The second-order valence-electron chi connectivity index (χ2n) is 9.66. The molecule has 35 heavy (non-hydrogen) atoms. The van der Waals surface area contributed by atoms with Crippen molar-refractivity contribution in [1.29, 1.82) is 0 Å². The molecule has 0 spiro atoms. The summed E-state index contributed by atoms with van der Waals surface area (Å²) in [5, 5.41) is 5.89. The molecule has 0 fully saturated rings. The molecule has 0 unspecified atom stereocenters. The first-order valence-electron chi connectivity index (χ1n) is 13.0. The van der Waals surface area contributed by atoms with Crippen molar-refractivity contribution in [3.63, 3.8) is 0 Å². The molecule has 0 aliphatic heterocycles. The van der Waals surface area contributed by atoms with Gasteiger partial charge in [0.15, 0.2) is 0 Å². The van der Waals surface area contributed by atoms with E-state index in [0.29, 0.717) is 24.9 Å². The van der Waals surface area contributed by atoms with Crippen LogP contribution in [0.3, 0.4) is 0 Å². The summed E-state index contributed by atoms with van der Waals surface area (Å²) in [5.74, 6) is 0.917. The lowest BCUT2D eigenvalue weighted by Crippen LogP contribution is -2.22. The van der Waals surface area contributed by atoms with Gasteiger partial charge in [-0.15, -0.1) is 0 Å². The summed E-state index contributed by atoms with van der Waals surface area (Å²) in [4.78, 5) is 23.9. The van der Waals surface area contributed by atoms with Crippen LogP contribution in [0.2, 0.25) is 0 Å². The van der Waals surface area contributed by atoms with Gasteiger partial charge in [0.25, 0.3) is 0 Å². The fraction of sp³-hybridized carbons (Fsp3) is 0.419. The first-order chi connectivity index (χ1) is 16.8. The summed E-state index contributed by atoms with van der Waals surface area (Å²) in [6.07, 6.45) is 12.1. The van der Waals surface area contributed by atoms with Crippen LogP contribution in [0.15, 0.2) is 60.7 Å². The lowest BCUT2D eigenvalue weighted by atomic mass is 10.0. The van der Waals surface area contributed by atoms with Crippen LogP contribution in [0, 0.1) is 0 Å². The van der Waals surface area contributed by atoms with Crippen LogP contribution >= 0.6 is 0 Å². The van der Waals surface area contributed by atoms with Gasteiger partial charge in [0.05, 0.1) is 0 Å². The molecule has 2 aromatic carbocycles. The zero-order chi connectivity index (χ0) is 25.5. The average Bonchev–Trinajstić information content (AvgIpc) is 2.85. The van der Waals surface area contributed by atoms with E-state index in [1.807, 2.05) is 36.4 Å². The van der Waals surface area contributed by atoms with E-state index in [0.717, 1.165) is 43.2 Å².